The van der Waals surface area contributed by atoms with Gasteiger partial charge in [0.05, 0.1) is 0 Å². The summed E-state index contributed by atoms with van der Waals surface area (Å²) in [5.74, 6) is 0. The maximum atomic E-state index is 5.96. The van der Waals surface area contributed by atoms with E-state index in [1.165, 1.54) is 11.3 Å². The highest BCUT2D eigenvalue weighted by molar-refractivity contribution is 9.10. The molecule has 3 heteroatoms. The molecule has 0 aliphatic rings. The van der Waals surface area contributed by atoms with Crippen LogP contribution >= 0.6 is 15.9 Å². The molecule has 0 bridgehead atoms. The van der Waals surface area contributed by atoms with E-state index in [0.717, 1.165) is 10.9 Å². The summed E-state index contributed by atoms with van der Waals surface area (Å²) in [6.45, 7) is 11.2. The highest BCUT2D eigenvalue weighted by atomic mass is 79.9. The first-order valence-electron chi connectivity index (χ1n) is 6.89. The first kappa shape index (κ1) is 16.5. The summed E-state index contributed by atoms with van der Waals surface area (Å²) in [4.78, 5) is 2.36. The van der Waals surface area contributed by atoms with Crippen molar-refractivity contribution < 1.29 is 0 Å². The molecule has 0 spiro atoms. The molecule has 0 fully saturated rings. The largest absolute Gasteiger partial charge is 0.371 e. The van der Waals surface area contributed by atoms with E-state index < -0.39 is 0 Å². The van der Waals surface area contributed by atoms with Gasteiger partial charge in [-0.3, -0.25) is 0 Å². The number of nitrogens with two attached hydrogens (primary N) is 1. The lowest BCUT2D eigenvalue weighted by molar-refractivity contribution is 0.329. The Labute approximate surface area is 126 Å². The molecule has 0 aliphatic carbocycles. The normalized spacial score (nSPS) is 15.2. The first-order chi connectivity index (χ1) is 8.62. The fraction of sp³-hybridized carbons (Fsp3) is 0.625. The Kier molecular flexibility index (Phi) is 5.45. The van der Waals surface area contributed by atoms with Gasteiger partial charge in [-0.1, -0.05) is 42.8 Å². The molecule has 0 aromatic heterocycles. The Balaban J connectivity index is 3.13. The molecule has 0 saturated heterocycles. The lowest BCUT2D eigenvalue weighted by atomic mass is 9.86. The third kappa shape index (κ3) is 4.50. The third-order valence-electron chi connectivity index (χ3n) is 3.80. The van der Waals surface area contributed by atoms with Gasteiger partial charge >= 0.3 is 0 Å². The van der Waals surface area contributed by atoms with Gasteiger partial charge in [0.2, 0.25) is 0 Å². The zero-order chi connectivity index (χ0) is 14.8. The van der Waals surface area contributed by atoms with Crippen LogP contribution in [0.1, 0.15) is 40.2 Å². The van der Waals surface area contributed by atoms with Crippen LogP contribution in [-0.2, 0) is 6.42 Å². The van der Waals surface area contributed by atoms with Gasteiger partial charge in [-0.05, 0) is 43.4 Å². The van der Waals surface area contributed by atoms with Gasteiger partial charge < -0.3 is 10.6 Å². The number of hydrogen-bond donors (Lipinski definition) is 1. The van der Waals surface area contributed by atoms with Crippen LogP contribution in [0.15, 0.2) is 22.7 Å². The van der Waals surface area contributed by atoms with Crippen molar-refractivity contribution in [3.63, 3.8) is 0 Å². The quantitative estimate of drug-likeness (QED) is 0.897. The Morgan fingerprint density at radius 3 is 2.32 bits per heavy atom. The fourth-order valence-electron chi connectivity index (χ4n) is 2.17. The molecule has 0 amide bonds. The Morgan fingerprint density at radius 1 is 1.26 bits per heavy atom. The highest BCUT2D eigenvalue weighted by Crippen LogP contribution is 2.31. The zero-order valence-electron chi connectivity index (χ0n) is 13.0. The van der Waals surface area contributed by atoms with Crippen molar-refractivity contribution in [3.8, 4) is 0 Å². The van der Waals surface area contributed by atoms with E-state index in [2.05, 4.69) is 80.7 Å². The maximum absolute atomic E-state index is 5.96. The summed E-state index contributed by atoms with van der Waals surface area (Å²) in [6.07, 6.45) is 0.907. The number of anilines is 1. The van der Waals surface area contributed by atoms with Crippen molar-refractivity contribution in [2.24, 2.45) is 11.1 Å². The van der Waals surface area contributed by atoms with Crippen LogP contribution in [0.5, 0.6) is 0 Å². The molecule has 1 rings (SSSR count). The van der Waals surface area contributed by atoms with E-state index in [4.69, 9.17) is 5.73 Å². The molecule has 19 heavy (non-hydrogen) atoms. The Hall–Kier alpha value is -0.540. The van der Waals surface area contributed by atoms with Crippen LogP contribution in [-0.4, -0.2) is 19.1 Å². The average Bonchev–Trinajstić information content (AvgIpc) is 2.27. The molecular weight excluding hydrogens is 300 g/mol. The highest BCUT2D eigenvalue weighted by Gasteiger charge is 2.25. The topological polar surface area (TPSA) is 29.3 Å². The predicted octanol–water partition coefficient (Wildman–Crippen LogP) is 4.21. The zero-order valence-corrected chi connectivity index (χ0v) is 14.6. The van der Waals surface area contributed by atoms with E-state index >= 15 is 0 Å². The van der Waals surface area contributed by atoms with E-state index in [9.17, 15) is 0 Å². The fourth-order valence-corrected chi connectivity index (χ4v) is 2.52. The van der Waals surface area contributed by atoms with Crippen LogP contribution < -0.4 is 10.6 Å². The smallest absolute Gasteiger partial charge is 0.0410 e. The predicted molar refractivity (Wildman–Crippen MR) is 88.8 cm³/mol. The summed E-state index contributed by atoms with van der Waals surface area (Å²) >= 11 is 3.57. The van der Waals surface area contributed by atoms with Gasteiger partial charge in [0.1, 0.15) is 0 Å². The number of hydrogen-bond acceptors (Lipinski definition) is 2. The second-order valence-corrected chi connectivity index (χ2v) is 7.52. The van der Waals surface area contributed by atoms with Crippen LogP contribution in [0, 0.1) is 5.41 Å². The van der Waals surface area contributed by atoms with Crippen molar-refractivity contribution in [1.29, 1.82) is 0 Å². The molecule has 2 N–H and O–H groups in total. The third-order valence-corrected chi connectivity index (χ3v) is 4.30. The Morgan fingerprint density at radius 2 is 1.84 bits per heavy atom. The summed E-state index contributed by atoms with van der Waals surface area (Å²) in [5, 5.41) is 0. The van der Waals surface area contributed by atoms with Crippen molar-refractivity contribution in [3.05, 3.63) is 28.2 Å². The SMILES string of the molecule is CC(N)Cc1ccc(Br)cc1N(C)C(C)C(C)(C)C. The number of halogens is 1. The van der Waals surface area contributed by atoms with Crippen molar-refractivity contribution >= 4 is 21.6 Å². The standard InChI is InChI=1S/C16H27BrN2/c1-11(18)9-13-7-8-14(17)10-15(13)19(6)12(2)16(3,4)5/h7-8,10-12H,9,18H2,1-6H3. The summed E-state index contributed by atoms with van der Waals surface area (Å²) in [7, 11) is 2.17. The van der Waals surface area contributed by atoms with Crippen LogP contribution in [0.2, 0.25) is 0 Å². The number of rotatable bonds is 4. The van der Waals surface area contributed by atoms with Crippen molar-refractivity contribution in [2.45, 2.75) is 53.1 Å². The summed E-state index contributed by atoms with van der Waals surface area (Å²) in [5.41, 5.74) is 8.79. The first-order valence-corrected chi connectivity index (χ1v) is 7.69. The minimum absolute atomic E-state index is 0.179. The second-order valence-electron chi connectivity index (χ2n) is 6.61. The molecule has 2 nitrogen and oxygen atoms in total. The van der Waals surface area contributed by atoms with E-state index in [0.29, 0.717) is 6.04 Å². The molecule has 0 saturated carbocycles. The van der Waals surface area contributed by atoms with Gasteiger partial charge in [-0.15, -0.1) is 0 Å². The van der Waals surface area contributed by atoms with Crippen molar-refractivity contribution in [2.75, 3.05) is 11.9 Å². The van der Waals surface area contributed by atoms with E-state index in [1.807, 2.05) is 0 Å². The maximum Gasteiger partial charge on any atom is 0.0410 e. The van der Waals surface area contributed by atoms with E-state index in [1.54, 1.807) is 0 Å². The van der Waals surface area contributed by atoms with Crippen LogP contribution in [0.3, 0.4) is 0 Å². The molecule has 108 valence electrons. The number of benzene rings is 1. The molecule has 1 aromatic rings. The monoisotopic (exact) mass is 326 g/mol. The lowest BCUT2D eigenvalue weighted by Gasteiger charge is -2.38. The molecule has 0 heterocycles. The molecule has 0 radical (unpaired) electrons. The molecule has 1 aromatic carbocycles. The minimum atomic E-state index is 0.179. The second kappa shape index (κ2) is 6.27. The van der Waals surface area contributed by atoms with Gasteiger partial charge in [0, 0.05) is 29.3 Å². The van der Waals surface area contributed by atoms with Gasteiger partial charge in [-0.25, -0.2) is 0 Å². The lowest BCUT2D eigenvalue weighted by Crippen LogP contribution is -2.40. The van der Waals surface area contributed by atoms with Crippen molar-refractivity contribution in [1.82, 2.24) is 0 Å². The Bertz CT molecular complexity index is 421. The van der Waals surface area contributed by atoms with Crippen LogP contribution in [0.4, 0.5) is 5.69 Å². The number of nitrogens with zero attached hydrogens (tertiary/aromatic N) is 1. The van der Waals surface area contributed by atoms with Crippen LogP contribution in [0.25, 0.3) is 0 Å². The minimum Gasteiger partial charge on any atom is -0.371 e. The summed E-state index contributed by atoms with van der Waals surface area (Å²) in [6, 6.07) is 7.10. The molecule has 2 atom stereocenters. The average molecular weight is 327 g/mol. The summed E-state index contributed by atoms with van der Waals surface area (Å²) < 4.78 is 1.11. The van der Waals surface area contributed by atoms with Gasteiger partial charge in [0.15, 0.2) is 0 Å². The molecular formula is C16H27BrN2. The molecule has 2 unspecified atom stereocenters. The van der Waals surface area contributed by atoms with E-state index in [-0.39, 0.29) is 11.5 Å². The van der Waals surface area contributed by atoms with Gasteiger partial charge in [0.25, 0.3) is 0 Å². The molecule has 0 aliphatic heterocycles. The van der Waals surface area contributed by atoms with Gasteiger partial charge in [-0.2, -0.15) is 0 Å².